The first-order valence-corrected chi connectivity index (χ1v) is 11.4. The van der Waals surface area contributed by atoms with Gasteiger partial charge in [-0.05, 0) is 24.6 Å². The summed E-state index contributed by atoms with van der Waals surface area (Å²) in [5, 5.41) is 1.64. The van der Waals surface area contributed by atoms with Crippen molar-refractivity contribution >= 4 is 33.0 Å². The third-order valence-electron chi connectivity index (χ3n) is 4.21. The Bertz CT molecular complexity index is 1140. The van der Waals surface area contributed by atoms with Crippen LogP contribution >= 0.6 is 11.3 Å². The zero-order valence-electron chi connectivity index (χ0n) is 16.7. The van der Waals surface area contributed by atoms with E-state index in [-0.39, 0.29) is 22.1 Å². The van der Waals surface area contributed by atoms with Crippen LogP contribution in [0.2, 0.25) is 0 Å². The van der Waals surface area contributed by atoms with Crippen LogP contribution in [0.25, 0.3) is 11.1 Å². The first-order valence-electron chi connectivity index (χ1n) is 9.00. The third kappa shape index (κ3) is 4.42. The molecule has 0 saturated carbocycles. The molecule has 0 bridgehead atoms. The Balaban J connectivity index is 2.15. The molecular formula is C21H21NO6S2. The lowest BCUT2D eigenvalue weighted by molar-refractivity contribution is 0.0528. The molecule has 0 aliphatic carbocycles. The highest BCUT2D eigenvalue weighted by Crippen LogP contribution is 2.38. The van der Waals surface area contributed by atoms with Crippen molar-refractivity contribution in [1.82, 2.24) is 0 Å². The van der Waals surface area contributed by atoms with Gasteiger partial charge in [-0.1, -0.05) is 30.3 Å². The van der Waals surface area contributed by atoms with E-state index in [0.717, 1.165) is 11.3 Å². The molecule has 3 aromatic rings. The molecule has 9 heteroatoms. The standard InChI is InChI=1S/C21H21NO6S2/c1-4-28-21(23)19-20(16(13-29-19)14-8-6-5-7-9-14)30(24,25)22-17-12-15(26-2)10-11-18(17)27-3/h5-13,22H,4H2,1-3H3. The van der Waals surface area contributed by atoms with E-state index in [1.807, 2.05) is 6.07 Å². The van der Waals surface area contributed by atoms with Crippen molar-refractivity contribution in [2.75, 3.05) is 25.5 Å². The number of hydrogen-bond donors (Lipinski definition) is 1. The lowest BCUT2D eigenvalue weighted by atomic mass is 10.1. The van der Waals surface area contributed by atoms with Crippen molar-refractivity contribution in [2.24, 2.45) is 0 Å². The highest BCUT2D eigenvalue weighted by atomic mass is 32.2. The summed E-state index contributed by atoms with van der Waals surface area (Å²) < 4.78 is 45.0. The van der Waals surface area contributed by atoms with Gasteiger partial charge in [0.1, 0.15) is 21.3 Å². The second-order valence-corrected chi connectivity index (χ2v) is 8.56. The molecule has 30 heavy (non-hydrogen) atoms. The molecule has 3 rings (SSSR count). The van der Waals surface area contributed by atoms with Crippen molar-refractivity contribution in [1.29, 1.82) is 0 Å². The fraction of sp³-hybridized carbons (Fsp3) is 0.190. The minimum Gasteiger partial charge on any atom is -0.497 e. The molecule has 158 valence electrons. The molecule has 0 unspecified atom stereocenters. The van der Waals surface area contributed by atoms with Crippen LogP contribution in [-0.2, 0) is 14.8 Å². The molecule has 0 saturated heterocycles. The number of sulfonamides is 1. The summed E-state index contributed by atoms with van der Waals surface area (Å²) in [6.07, 6.45) is 0. The molecule has 0 aliphatic heterocycles. The second-order valence-electron chi connectivity index (χ2n) is 6.07. The number of methoxy groups -OCH3 is 2. The predicted octanol–water partition coefficient (Wildman–Crippen LogP) is 4.41. The molecule has 7 nitrogen and oxygen atoms in total. The van der Waals surface area contributed by atoms with Crippen LogP contribution in [0.1, 0.15) is 16.6 Å². The van der Waals surface area contributed by atoms with Gasteiger partial charge < -0.3 is 14.2 Å². The van der Waals surface area contributed by atoms with Crippen LogP contribution in [0.3, 0.4) is 0 Å². The Hall–Kier alpha value is -3.04. The number of carbonyl (C=O) groups excluding carboxylic acids is 1. The number of carbonyl (C=O) groups is 1. The summed E-state index contributed by atoms with van der Waals surface area (Å²) in [5.74, 6) is 0.0731. The smallest absolute Gasteiger partial charge is 0.349 e. The zero-order chi connectivity index (χ0) is 21.7. The maximum Gasteiger partial charge on any atom is 0.349 e. The van der Waals surface area contributed by atoms with Crippen LogP contribution in [0, 0.1) is 0 Å². The molecule has 1 heterocycles. The molecule has 0 radical (unpaired) electrons. The maximum absolute atomic E-state index is 13.4. The largest absolute Gasteiger partial charge is 0.497 e. The molecule has 1 aromatic heterocycles. The first kappa shape index (κ1) is 21.7. The third-order valence-corrected chi connectivity index (χ3v) is 6.75. The summed E-state index contributed by atoms with van der Waals surface area (Å²) in [6, 6.07) is 13.7. The highest BCUT2D eigenvalue weighted by molar-refractivity contribution is 7.93. The molecule has 0 fully saturated rings. The van der Waals surface area contributed by atoms with Gasteiger partial charge in [-0.15, -0.1) is 11.3 Å². The van der Waals surface area contributed by atoms with Gasteiger partial charge in [0.15, 0.2) is 0 Å². The number of anilines is 1. The minimum absolute atomic E-state index is 0.00469. The van der Waals surface area contributed by atoms with Gasteiger partial charge in [-0.2, -0.15) is 0 Å². The molecule has 0 amide bonds. The molecule has 0 atom stereocenters. The molecule has 0 spiro atoms. The SMILES string of the molecule is CCOC(=O)c1scc(-c2ccccc2)c1S(=O)(=O)Nc1cc(OC)ccc1OC. The molecule has 2 aromatic carbocycles. The highest BCUT2D eigenvalue weighted by Gasteiger charge is 2.30. The van der Waals surface area contributed by atoms with Crippen LogP contribution < -0.4 is 14.2 Å². The van der Waals surface area contributed by atoms with E-state index >= 15 is 0 Å². The van der Waals surface area contributed by atoms with Crippen molar-refractivity contribution in [3.8, 4) is 22.6 Å². The summed E-state index contributed by atoms with van der Waals surface area (Å²) in [6.45, 7) is 1.80. The first-order chi connectivity index (χ1) is 14.4. The normalized spacial score (nSPS) is 11.0. The van der Waals surface area contributed by atoms with E-state index in [2.05, 4.69) is 4.72 Å². The van der Waals surface area contributed by atoms with Gasteiger partial charge in [0.2, 0.25) is 0 Å². The zero-order valence-corrected chi connectivity index (χ0v) is 18.3. The topological polar surface area (TPSA) is 90.9 Å². The fourth-order valence-corrected chi connectivity index (χ4v) is 5.61. The van der Waals surface area contributed by atoms with Crippen molar-refractivity contribution < 1.29 is 27.4 Å². The van der Waals surface area contributed by atoms with Gasteiger partial charge in [0, 0.05) is 17.0 Å². The number of thiophene rings is 1. The quantitative estimate of drug-likeness (QED) is 0.515. The van der Waals surface area contributed by atoms with Gasteiger partial charge in [-0.25, -0.2) is 13.2 Å². The van der Waals surface area contributed by atoms with E-state index in [1.54, 1.807) is 48.7 Å². The van der Waals surface area contributed by atoms with Gasteiger partial charge in [0.05, 0.1) is 26.5 Å². The van der Waals surface area contributed by atoms with Crippen molar-refractivity contribution in [2.45, 2.75) is 11.8 Å². The summed E-state index contributed by atoms with van der Waals surface area (Å²) in [5.41, 5.74) is 1.28. The van der Waals surface area contributed by atoms with Crippen LogP contribution in [0.15, 0.2) is 58.8 Å². The number of ether oxygens (including phenoxy) is 3. The number of rotatable bonds is 8. The lowest BCUT2D eigenvalue weighted by Crippen LogP contribution is -2.17. The molecule has 1 N–H and O–H groups in total. The van der Waals surface area contributed by atoms with Gasteiger partial charge in [0.25, 0.3) is 10.0 Å². The van der Waals surface area contributed by atoms with Crippen LogP contribution in [-0.4, -0.2) is 35.2 Å². The Morgan fingerprint density at radius 1 is 1.07 bits per heavy atom. The van der Waals surface area contributed by atoms with E-state index in [0.29, 0.717) is 22.6 Å². The van der Waals surface area contributed by atoms with E-state index < -0.39 is 16.0 Å². The summed E-state index contributed by atoms with van der Waals surface area (Å²) >= 11 is 1.02. The maximum atomic E-state index is 13.4. The Morgan fingerprint density at radius 3 is 2.43 bits per heavy atom. The predicted molar refractivity (Wildman–Crippen MR) is 116 cm³/mol. The number of hydrogen-bond acceptors (Lipinski definition) is 7. The van der Waals surface area contributed by atoms with Gasteiger partial charge >= 0.3 is 5.97 Å². The lowest BCUT2D eigenvalue weighted by Gasteiger charge is -2.14. The average Bonchev–Trinajstić information content (AvgIpc) is 3.21. The van der Waals surface area contributed by atoms with Gasteiger partial charge in [-0.3, -0.25) is 4.72 Å². The van der Waals surface area contributed by atoms with Crippen molar-refractivity contribution in [3.05, 3.63) is 58.8 Å². The number of benzene rings is 2. The average molecular weight is 448 g/mol. The van der Waals surface area contributed by atoms with E-state index in [4.69, 9.17) is 14.2 Å². The molecular weight excluding hydrogens is 426 g/mol. The molecule has 0 aliphatic rings. The Labute approximate surface area is 179 Å². The second kappa shape index (κ2) is 9.19. The Kier molecular flexibility index (Phi) is 6.63. The van der Waals surface area contributed by atoms with Crippen LogP contribution in [0.4, 0.5) is 5.69 Å². The summed E-state index contributed by atoms with van der Waals surface area (Å²) in [7, 11) is -1.26. The van der Waals surface area contributed by atoms with E-state index in [1.165, 1.54) is 20.3 Å². The van der Waals surface area contributed by atoms with Crippen LogP contribution in [0.5, 0.6) is 11.5 Å². The number of nitrogens with one attached hydrogen (secondary N) is 1. The van der Waals surface area contributed by atoms with Crippen molar-refractivity contribution in [3.63, 3.8) is 0 Å². The Morgan fingerprint density at radius 2 is 1.80 bits per heavy atom. The van der Waals surface area contributed by atoms with E-state index in [9.17, 15) is 13.2 Å². The summed E-state index contributed by atoms with van der Waals surface area (Å²) in [4.78, 5) is 12.4. The fourth-order valence-electron chi connectivity index (χ4n) is 2.86. The monoisotopic (exact) mass is 447 g/mol. The minimum atomic E-state index is -4.18. The number of esters is 1.